The molecule has 0 N–H and O–H groups in total. The molecule has 1 amide bonds. The highest BCUT2D eigenvalue weighted by Crippen LogP contribution is 2.45. The maximum atomic E-state index is 12.7. The Labute approximate surface area is 181 Å². The quantitative estimate of drug-likeness (QED) is 0.552. The van der Waals surface area contributed by atoms with Crippen LogP contribution in [0, 0.1) is 13.8 Å². The number of anilines is 1. The van der Waals surface area contributed by atoms with E-state index in [-0.39, 0.29) is 12.0 Å². The summed E-state index contributed by atoms with van der Waals surface area (Å²) in [6.07, 6.45) is 4.29. The first-order chi connectivity index (χ1) is 14.4. The topological polar surface area (TPSA) is 47.4 Å². The fraction of sp³-hybridized carbons (Fsp3) is 0.417. The van der Waals surface area contributed by atoms with Crippen LogP contribution in [-0.2, 0) is 18.3 Å². The minimum absolute atomic E-state index is 0.0485. The van der Waals surface area contributed by atoms with Crippen molar-refractivity contribution in [2.75, 3.05) is 11.4 Å². The Kier molecular flexibility index (Phi) is 4.73. The number of imidazole rings is 1. The standard InChI is InChI=1S/C24H26ClN3O2/c1-14-12-16(25)7-8-17(14)21-10-9-18-19(28-11-5-4-6-22(28)29)13-20-23(24(18)30-21)26-15(2)27(20)3/h7-8,12-13,21H,4-6,9-11H2,1-3H3/t21-/m0/s1. The summed E-state index contributed by atoms with van der Waals surface area (Å²) >= 11 is 6.16. The first kappa shape index (κ1) is 19.4. The molecular formula is C24H26ClN3O2. The summed E-state index contributed by atoms with van der Waals surface area (Å²) in [6, 6.07) is 8.10. The Morgan fingerprint density at radius 3 is 2.77 bits per heavy atom. The number of benzene rings is 2. The minimum atomic E-state index is -0.0485. The number of hydrogen-bond acceptors (Lipinski definition) is 3. The smallest absolute Gasteiger partial charge is 0.226 e. The van der Waals surface area contributed by atoms with E-state index in [9.17, 15) is 4.79 Å². The van der Waals surface area contributed by atoms with Gasteiger partial charge < -0.3 is 14.2 Å². The predicted molar refractivity (Wildman–Crippen MR) is 120 cm³/mol. The zero-order valence-corrected chi connectivity index (χ0v) is 18.4. The third-order valence-corrected chi connectivity index (χ3v) is 6.78. The van der Waals surface area contributed by atoms with Crippen LogP contribution in [0.4, 0.5) is 5.69 Å². The van der Waals surface area contributed by atoms with Crippen LogP contribution in [0.3, 0.4) is 0 Å². The van der Waals surface area contributed by atoms with Crippen molar-refractivity contribution in [3.05, 3.63) is 51.8 Å². The SMILES string of the molecule is Cc1cc(Cl)ccc1[C@@H]1CCc2c(N3CCCCC3=O)cc3c(nc(C)n3C)c2O1. The molecule has 0 unspecified atom stereocenters. The molecule has 156 valence electrons. The van der Waals surface area contributed by atoms with Crippen molar-refractivity contribution in [3.8, 4) is 5.75 Å². The van der Waals surface area contributed by atoms with Gasteiger partial charge in [0.1, 0.15) is 17.4 Å². The van der Waals surface area contributed by atoms with Crippen LogP contribution in [0.1, 0.15) is 54.3 Å². The lowest BCUT2D eigenvalue weighted by molar-refractivity contribution is -0.119. The van der Waals surface area contributed by atoms with Gasteiger partial charge in [-0.15, -0.1) is 0 Å². The molecule has 2 aliphatic heterocycles. The van der Waals surface area contributed by atoms with Crippen molar-refractivity contribution < 1.29 is 9.53 Å². The highest BCUT2D eigenvalue weighted by atomic mass is 35.5. The van der Waals surface area contributed by atoms with Gasteiger partial charge in [0, 0.05) is 30.6 Å². The number of aryl methyl sites for hydroxylation is 3. The van der Waals surface area contributed by atoms with E-state index >= 15 is 0 Å². The molecule has 2 aliphatic rings. The molecule has 30 heavy (non-hydrogen) atoms. The van der Waals surface area contributed by atoms with Gasteiger partial charge in [-0.3, -0.25) is 4.79 Å². The molecule has 0 aliphatic carbocycles. The number of carbonyl (C=O) groups is 1. The van der Waals surface area contributed by atoms with Gasteiger partial charge in [0.2, 0.25) is 5.91 Å². The number of piperidine rings is 1. The van der Waals surface area contributed by atoms with E-state index in [4.69, 9.17) is 21.3 Å². The van der Waals surface area contributed by atoms with Crippen LogP contribution in [0.5, 0.6) is 5.75 Å². The molecule has 5 nitrogen and oxygen atoms in total. The van der Waals surface area contributed by atoms with Crippen molar-refractivity contribution in [1.29, 1.82) is 0 Å². The Hall–Kier alpha value is -2.53. The summed E-state index contributed by atoms with van der Waals surface area (Å²) in [5, 5.41) is 0.737. The number of fused-ring (bicyclic) bond motifs is 3. The second-order valence-electron chi connectivity index (χ2n) is 8.44. The molecule has 1 saturated heterocycles. The van der Waals surface area contributed by atoms with Crippen LogP contribution in [0.2, 0.25) is 5.02 Å². The lowest BCUT2D eigenvalue weighted by Gasteiger charge is -2.33. The number of halogens is 1. The average Bonchev–Trinajstić information content (AvgIpc) is 3.02. The molecule has 1 atom stereocenters. The van der Waals surface area contributed by atoms with E-state index in [1.165, 1.54) is 0 Å². The summed E-state index contributed by atoms with van der Waals surface area (Å²) in [7, 11) is 2.02. The number of hydrogen-bond donors (Lipinski definition) is 0. The number of amides is 1. The minimum Gasteiger partial charge on any atom is -0.483 e. The molecule has 6 heteroatoms. The molecule has 5 rings (SSSR count). The normalized spacial score (nSPS) is 19.1. The van der Waals surface area contributed by atoms with Gasteiger partial charge in [0.05, 0.1) is 11.2 Å². The first-order valence-electron chi connectivity index (χ1n) is 10.7. The van der Waals surface area contributed by atoms with Gasteiger partial charge in [0.15, 0.2) is 5.75 Å². The fourth-order valence-electron chi connectivity index (χ4n) is 4.80. The van der Waals surface area contributed by atoms with E-state index in [2.05, 4.69) is 23.6 Å². The Balaban J connectivity index is 1.66. The summed E-state index contributed by atoms with van der Waals surface area (Å²) in [4.78, 5) is 19.5. The van der Waals surface area contributed by atoms with Gasteiger partial charge in [-0.05, 0) is 68.9 Å². The van der Waals surface area contributed by atoms with E-state index in [1.807, 2.05) is 31.0 Å². The van der Waals surface area contributed by atoms with Gasteiger partial charge >= 0.3 is 0 Å². The zero-order chi connectivity index (χ0) is 21.0. The average molecular weight is 424 g/mol. The molecule has 0 radical (unpaired) electrons. The molecule has 1 fully saturated rings. The van der Waals surface area contributed by atoms with Crippen molar-refractivity contribution in [2.24, 2.45) is 7.05 Å². The van der Waals surface area contributed by atoms with Gasteiger partial charge in [0.25, 0.3) is 0 Å². The summed E-state index contributed by atoms with van der Waals surface area (Å²) in [5.74, 6) is 1.97. The van der Waals surface area contributed by atoms with Crippen LogP contribution in [0.25, 0.3) is 11.0 Å². The second-order valence-corrected chi connectivity index (χ2v) is 8.87. The van der Waals surface area contributed by atoms with Crippen molar-refractivity contribution >= 4 is 34.2 Å². The predicted octanol–water partition coefficient (Wildman–Crippen LogP) is 5.43. The van der Waals surface area contributed by atoms with Crippen molar-refractivity contribution in [2.45, 2.75) is 52.1 Å². The molecule has 3 heterocycles. The summed E-state index contributed by atoms with van der Waals surface area (Å²) < 4.78 is 8.71. The highest BCUT2D eigenvalue weighted by Gasteiger charge is 2.32. The number of rotatable bonds is 2. The van der Waals surface area contributed by atoms with Crippen molar-refractivity contribution in [1.82, 2.24) is 9.55 Å². The molecule has 0 bridgehead atoms. The van der Waals surface area contributed by atoms with E-state index in [1.54, 1.807) is 0 Å². The van der Waals surface area contributed by atoms with Gasteiger partial charge in [-0.1, -0.05) is 17.7 Å². The number of carbonyl (C=O) groups excluding carboxylic acids is 1. The van der Waals surface area contributed by atoms with Gasteiger partial charge in [-0.25, -0.2) is 4.98 Å². The van der Waals surface area contributed by atoms with E-state index < -0.39 is 0 Å². The second kappa shape index (κ2) is 7.31. The maximum Gasteiger partial charge on any atom is 0.226 e. The van der Waals surface area contributed by atoms with Crippen LogP contribution >= 0.6 is 11.6 Å². The fourth-order valence-corrected chi connectivity index (χ4v) is 5.03. The maximum absolute atomic E-state index is 12.7. The Morgan fingerprint density at radius 1 is 1.17 bits per heavy atom. The lowest BCUT2D eigenvalue weighted by atomic mass is 9.92. The molecular weight excluding hydrogens is 398 g/mol. The third kappa shape index (κ3) is 3.07. The first-order valence-corrected chi connectivity index (χ1v) is 11.0. The molecule has 0 saturated carbocycles. The largest absolute Gasteiger partial charge is 0.483 e. The molecule has 1 aromatic heterocycles. The lowest BCUT2D eigenvalue weighted by Crippen LogP contribution is -2.36. The summed E-state index contributed by atoms with van der Waals surface area (Å²) in [5.41, 5.74) is 6.29. The van der Waals surface area contributed by atoms with Crippen molar-refractivity contribution in [3.63, 3.8) is 0 Å². The molecule has 0 spiro atoms. The molecule has 2 aromatic carbocycles. The number of ether oxygens (including phenoxy) is 1. The Morgan fingerprint density at radius 2 is 2.00 bits per heavy atom. The summed E-state index contributed by atoms with van der Waals surface area (Å²) in [6.45, 7) is 4.85. The van der Waals surface area contributed by atoms with Crippen LogP contribution < -0.4 is 9.64 Å². The zero-order valence-electron chi connectivity index (χ0n) is 17.7. The Bertz CT molecular complexity index is 1170. The van der Waals surface area contributed by atoms with Crippen LogP contribution in [0.15, 0.2) is 24.3 Å². The monoisotopic (exact) mass is 423 g/mol. The molecule has 3 aromatic rings. The van der Waals surface area contributed by atoms with Gasteiger partial charge in [-0.2, -0.15) is 0 Å². The van der Waals surface area contributed by atoms with E-state index in [0.29, 0.717) is 6.42 Å². The van der Waals surface area contributed by atoms with Crippen LogP contribution in [-0.4, -0.2) is 22.0 Å². The van der Waals surface area contributed by atoms with E-state index in [0.717, 1.165) is 82.2 Å². The number of nitrogens with zero attached hydrogens (tertiary/aromatic N) is 3. The number of aromatic nitrogens is 2. The third-order valence-electron chi connectivity index (χ3n) is 6.54. The highest BCUT2D eigenvalue weighted by molar-refractivity contribution is 6.30.